The molecular formula is C28H56O2P4. The Kier molecular flexibility index (Phi) is 11.7. The van der Waals surface area contributed by atoms with Crippen LogP contribution in [-0.2, 0) is 9.59 Å². The van der Waals surface area contributed by atoms with Gasteiger partial charge in [-0.15, -0.1) is 0 Å². The van der Waals surface area contributed by atoms with Gasteiger partial charge in [-0.1, -0.05) is 127 Å². The zero-order valence-corrected chi connectivity index (χ0v) is 28.8. The first-order valence-corrected chi connectivity index (χ1v) is 20.4. The third-order valence-corrected chi connectivity index (χ3v) is 27.8. The van der Waals surface area contributed by atoms with E-state index >= 15 is 9.59 Å². The molecule has 0 spiro atoms. The minimum absolute atomic E-state index is 0.217. The molecule has 0 radical (unpaired) electrons. The number of carbonyl (C=O) groups is 2. The summed E-state index contributed by atoms with van der Waals surface area (Å²) in [7, 11) is -1.35. The van der Waals surface area contributed by atoms with E-state index in [1.165, 1.54) is 10.1 Å². The number of hydrogen-bond acceptors (Lipinski definition) is 2. The number of rotatable bonds is 10. The molecule has 34 heavy (non-hydrogen) atoms. The Hall–Kier alpha value is 0.800. The number of carbonyl (C=O) groups excluding carboxylic acids is 2. The first-order chi connectivity index (χ1) is 15.4. The molecule has 0 saturated carbocycles. The first-order valence-electron chi connectivity index (χ1n) is 13.6. The van der Waals surface area contributed by atoms with Gasteiger partial charge in [0.05, 0.1) is 0 Å². The van der Waals surface area contributed by atoms with Crippen molar-refractivity contribution in [1.82, 2.24) is 0 Å². The van der Waals surface area contributed by atoms with Crippen molar-refractivity contribution >= 4 is 50.7 Å². The molecule has 0 aromatic rings. The average Bonchev–Trinajstić information content (AvgIpc) is 2.63. The molecule has 2 nitrogen and oxygen atoms in total. The second-order valence-corrected chi connectivity index (χ2v) is 28.7. The fraction of sp³-hybridized carbons (Fsp3) is 0.857. The van der Waals surface area contributed by atoms with E-state index in [9.17, 15) is 0 Å². The maximum absolute atomic E-state index is 15.4. The maximum atomic E-state index is 15.4. The van der Waals surface area contributed by atoms with Crippen LogP contribution in [0.15, 0.2) is 0 Å². The van der Waals surface area contributed by atoms with E-state index in [1.807, 2.05) is 0 Å². The smallest absolute Gasteiger partial charge is 0.185 e. The van der Waals surface area contributed by atoms with Crippen LogP contribution in [-0.4, -0.2) is 66.4 Å². The highest BCUT2D eigenvalue weighted by atomic mass is 31.2. The molecule has 6 heteroatoms. The molecule has 0 bridgehead atoms. The van der Waals surface area contributed by atoms with Crippen molar-refractivity contribution in [3.05, 3.63) is 0 Å². The molecule has 1 aliphatic heterocycles. The van der Waals surface area contributed by atoms with E-state index in [0.29, 0.717) is 33.7 Å². The average molecular weight is 549 g/mol. The lowest BCUT2D eigenvalue weighted by Crippen LogP contribution is -2.42. The van der Waals surface area contributed by atoms with Crippen molar-refractivity contribution in [3.63, 3.8) is 0 Å². The third-order valence-electron chi connectivity index (χ3n) is 7.73. The normalized spacial score (nSPS) is 19.4. The van der Waals surface area contributed by atoms with Gasteiger partial charge in [-0.3, -0.25) is 9.59 Å². The molecule has 0 saturated heterocycles. The van der Waals surface area contributed by atoms with Crippen LogP contribution in [0.1, 0.15) is 111 Å². The Morgan fingerprint density at radius 3 is 0.706 bits per heavy atom. The highest BCUT2D eigenvalue weighted by molar-refractivity contribution is 8.22. The van der Waals surface area contributed by atoms with Gasteiger partial charge in [0, 0.05) is 10.1 Å². The minimum Gasteiger partial charge on any atom is -0.289 e. The second-order valence-electron chi connectivity index (χ2n) is 12.4. The summed E-state index contributed by atoms with van der Waals surface area (Å²) in [4.78, 5) is 30.8. The van der Waals surface area contributed by atoms with E-state index in [2.05, 4.69) is 111 Å². The largest absolute Gasteiger partial charge is 0.289 e. The SMILES string of the molecule is CC(C)P(C1=P(C(C)C)(C(C)C)C(=O)C(P(C(C)C)C(C)C)=P(C(C)C)(C(C)C)C1=O)C(C)C. The zero-order chi connectivity index (χ0) is 27.1. The highest BCUT2D eigenvalue weighted by Crippen LogP contribution is 2.79. The lowest BCUT2D eigenvalue weighted by atomic mass is 10.5. The summed E-state index contributed by atoms with van der Waals surface area (Å²) in [5.41, 5.74) is 3.51. The van der Waals surface area contributed by atoms with E-state index in [-0.39, 0.29) is 22.6 Å². The fourth-order valence-electron chi connectivity index (χ4n) is 6.72. The molecule has 0 unspecified atom stereocenters. The molecule has 0 fully saturated rings. The van der Waals surface area contributed by atoms with E-state index in [0.717, 1.165) is 0 Å². The third kappa shape index (κ3) is 5.08. The van der Waals surface area contributed by atoms with Crippen molar-refractivity contribution in [2.45, 2.75) is 156 Å². The molecule has 0 aromatic heterocycles. The van der Waals surface area contributed by atoms with Gasteiger partial charge in [0.1, 0.15) is 0 Å². The molecule has 1 rings (SSSR count). The quantitative estimate of drug-likeness (QED) is 0.255. The van der Waals surface area contributed by atoms with Crippen LogP contribution >= 0.6 is 29.6 Å². The fourth-order valence-corrected chi connectivity index (χ4v) is 32.2. The Balaban J connectivity index is 4.64. The topological polar surface area (TPSA) is 34.1 Å². The van der Waals surface area contributed by atoms with Crippen molar-refractivity contribution in [2.75, 3.05) is 0 Å². The van der Waals surface area contributed by atoms with Crippen molar-refractivity contribution < 1.29 is 9.59 Å². The Morgan fingerprint density at radius 1 is 0.412 bits per heavy atom. The number of hydrogen-bond donors (Lipinski definition) is 0. The van der Waals surface area contributed by atoms with Gasteiger partial charge in [-0.2, -0.15) is 0 Å². The summed E-state index contributed by atoms with van der Waals surface area (Å²) < 4.78 is 0. The van der Waals surface area contributed by atoms with E-state index in [4.69, 9.17) is 0 Å². The summed E-state index contributed by atoms with van der Waals surface area (Å²) in [6.07, 6.45) is 0. The van der Waals surface area contributed by atoms with Gasteiger partial charge in [0.15, 0.2) is 11.0 Å². The summed E-state index contributed by atoms with van der Waals surface area (Å²) in [5.74, 6) is 0. The molecule has 0 atom stereocenters. The van der Waals surface area contributed by atoms with Crippen LogP contribution in [0.3, 0.4) is 0 Å². The molecule has 1 heterocycles. The highest BCUT2D eigenvalue weighted by Gasteiger charge is 2.56. The van der Waals surface area contributed by atoms with Gasteiger partial charge in [0.2, 0.25) is 0 Å². The first kappa shape index (κ1) is 32.8. The van der Waals surface area contributed by atoms with Crippen molar-refractivity contribution in [1.29, 1.82) is 0 Å². The lowest BCUT2D eigenvalue weighted by molar-refractivity contribution is -0.107. The summed E-state index contributed by atoms with van der Waals surface area (Å²) in [6.45, 7) is 31.8. The minimum atomic E-state index is -2.34. The summed E-state index contributed by atoms with van der Waals surface area (Å²) in [6, 6.07) is 0. The van der Waals surface area contributed by atoms with Crippen LogP contribution in [0.2, 0.25) is 0 Å². The van der Waals surface area contributed by atoms with Crippen LogP contribution in [0, 0.1) is 0 Å². The van der Waals surface area contributed by atoms with Gasteiger partial charge in [-0.05, 0) is 59.0 Å². The molecular weight excluding hydrogens is 492 g/mol. The standard InChI is InChI=1S/C28H56O2P4/c1-17(2)31(18(3)4)27-25(29)34(23(13)14,24(15)16)28(32(19(5)6)20(7)8)26(30)33(27,21(9)10)22(11)12/h17-24H,1-16H3. The summed E-state index contributed by atoms with van der Waals surface area (Å²) >= 11 is 0. The zero-order valence-electron chi connectivity index (χ0n) is 25.2. The predicted octanol–water partition coefficient (Wildman–Crippen LogP) is 9.58. The second kappa shape index (κ2) is 12.1. The molecule has 1 aliphatic rings. The molecule has 0 aromatic carbocycles. The van der Waals surface area contributed by atoms with Crippen LogP contribution in [0.25, 0.3) is 0 Å². The Morgan fingerprint density at radius 2 is 0.588 bits per heavy atom. The van der Waals surface area contributed by atoms with Crippen molar-refractivity contribution in [3.8, 4) is 0 Å². The molecule has 200 valence electrons. The Labute approximate surface area is 216 Å². The van der Waals surface area contributed by atoms with Gasteiger partial charge in [0.25, 0.3) is 0 Å². The van der Waals surface area contributed by atoms with Crippen molar-refractivity contribution in [2.24, 2.45) is 0 Å². The monoisotopic (exact) mass is 548 g/mol. The van der Waals surface area contributed by atoms with Crippen LogP contribution < -0.4 is 0 Å². The van der Waals surface area contributed by atoms with E-state index in [1.54, 1.807) is 0 Å². The van der Waals surface area contributed by atoms with Gasteiger partial charge in [-0.25, -0.2) is 0 Å². The van der Waals surface area contributed by atoms with Crippen LogP contribution in [0.5, 0.6) is 0 Å². The predicted molar refractivity (Wildman–Crippen MR) is 169 cm³/mol. The van der Waals surface area contributed by atoms with E-state index < -0.39 is 29.6 Å². The van der Waals surface area contributed by atoms with Crippen LogP contribution in [0.4, 0.5) is 0 Å². The molecule has 0 aliphatic carbocycles. The van der Waals surface area contributed by atoms with Gasteiger partial charge < -0.3 is 0 Å². The molecule has 0 N–H and O–H groups in total. The van der Waals surface area contributed by atoms with Gasteiger partial charge >= 0.3 is 0 Å². The lowest BCUT2D eigenvalue weighted by Gasteiger charge is -2.52. The molecule has 0 amide bonds. The maximum Gasteiger partial charge on any atom is 0.185 e. The Bertz CT molecular complexity index is 761. The summed E-state index contributed by atoms with van der Waals surface area (Å²) in [5, 5.41) is 2.37.